The van der Waals surface area contributed by atoms with E-state index in [2.05, 4.69) is 16.0 Å². The molecule has 0 spiro atoms. The van der Waals surface area contributed by atoms with Crippen molar-refractivity contribution in [2.75, 3.05) is 6.61 Å². The Bertz CT molecular complexity index is 1110. The van der Waals surface area contributed by atoms with Crippen LogP contribution in [0.5, 0.6) is 11.8 Å². The van der Waals surface area contributed by atoms with Gasteiger partial charge in [0.25, 0.3) is 5.91 Å². The minimum atomic E-state index is -0.193. The van der Waals surface area contributed by atoms with Gasteiger partial charge in [-0.15, -0.1) is 0 Å². The SMILES string of the molecule is CC(C)Oc1cnc(OC[C@@H]2Cc3ccccc3CN2C(=O)c2ccc(Cl)c(Cl)c2)nc1. The number of ether oxygens (including phenoxy) is 2. The van der Waals surface area contributed by atoms with Gasteiger partial charge in [-0.2, -0.15) is 9.97 Å². The Morgan fingerprint density at radius 3 is 2.50 bits per heavy atom. The van der Waals surface area contributed by atoms with Crippen LogP contribution in [0.15, 0.2) is 54.9 Å². The summed E-state index contributed by atoms with van der Waals surface area (Å²) in [6, 6.07) is 13.1. The van der Waals surface area contributed by atoms with E-state index in [1.165, 1.54) is 5.56 Å². The average Bonchev–Trinajstić information content (AvgIpc) is 2.79. The predicted octanol–water partition coefficient (Wildman–Crippen LogP) is 5.22. The zero-order chi connectivity index (χ0) is 22.7. The van der Waals surface area contributed by atoms with Gasteiger partial charge < -0.3 is 14.4 Å². The van der Waals surface area contributed by atoms with Crippen molar-refractivity contribution >= 4 is 29.1 Å². The van der Waals surface area contributed by atoms with Crippen LogP contribution in [0.25, 0.3) is 0 Å². The van der Waals surface area contributed by atoms with E-state index in [1.54, 1.807) is 35.5 Å². The fourth-order valence-corrected chi connectivity index (χ4v) is 3.95. The standard InChI is InChI=1S/C24H23Cl2N3O3/c1-15(2)32-20-11-27-24(28-12-20)31-14-19-9-16-5-3-4-6-18(16)13-29(19)23(30)17-7-8-21(25)22(26)10-17/h3-8,10-12,15,19H,9,13-14H2,1-2H3/t19-/m0/s1. The second-order valence-electron chi connectivity index (χ2n) is 7.87. The van der Waals surface area contributed by atoms with Crippen molar-refractivity contribution in [1.29, 1.82) is 0 Å². The van der Waals surface area contributed by atoms with Crippen molar-refractivity contribution in [1.82, 2.24) is 14.9 Å². The molecule has 1 atom stereocenters. The van der Waals surface area contributed by atoms with Gasteiger partial charge in [0.15, 0.2) is 5.75 Å². The van der Waals surface area contributed by atoms with Gasteiger partial charge in [-0.3, -0.25) is 4.79 Å². The Morgan fingerprint density at radius 2 is 1.81 bits per heavy atom. The molecule has 0 unspecified atom stereocenters. The maximum Gasteiger partial charge on any atom is 0.316 e. The molecule has 1 aromatic heterocycles. The Balaban J connectivity index is 1.53. The summed E-state index contributed by atoms with van der Waals surface area (Å²) in [6.07, 6.45) is 3.86. The van der Waals surface area contributed by atoms with Crippen LogP contribution >= 0.6 is 23.2 Å². The summed E-state index contributed by atoms with van der Waals surface area (Å²) in [6.45, 7) is 4.60. The number of benzene rings is 2. The van der Waals surface area contributed by atoms with Crippen LogP contribution in [0.3, 0.4) is 0 Å². The molecule has 32 heavy (non-hydrogen) atoms. The summed E-state index contributed by atoms with van der Waals surface area (Å²) in [4.78, 5) is 23.6. The molecule has 0 bridgehead atoms. The highest BCUT2D eigenvalue weighted by Gasteiger charge is 2.31. The molecule has 8 heteroatoms. The smallest absolute Gasteiger partial charge is 0.316 e. The number of hydrogen-bond donors (Lipinski definition) is 0. The number of hydrogen-bond acceptors (Lipinski definition) is 5. The van der Waals surface area contributed by atoms with Gasteiger partial charge in [-0.05, 0) is 49.6 Å². The van der Waals surface area contributed by atoms with Gasteiger partial charge >= 0.3 is 6.01 Å². The topological polar surface area (TPSA) is 64.6 Å². The van der Waals surface area contributed by atoms with E-state index in [0.29, 0.717) is 34.3 Å². The normalized spacial score (nSPS) is 15.4. The minimum absolute atomic E-state index is 0.0358. The zero-order valence-corrected chi connectivity index (χ0v) is 19.3. The highest BCUT2D eigenvalue weighted by molar-refractivity contribution is 6.42. The molecule has 0 radical (unpaired) electrons. The van der Waals surface area contributed by atoms with E-state index in [4.69, 9.17) is 32.7 Å². The van der Waals surface area contributed by atoms with Gasteiger partial charge in [0.2, 0.25) is 0 Å². The number of carbonyl (C=O) groups excluding carboxylic acids is 1. The summed E-state index contributed by atoms with van der Waals surface area (Å²) < 4.78 is 11.4. The van der Waals surface area contributed by atoms with Gasteiger partial charge in [-0.1, -0.05) is 47.5 Å². The van der Waals surface area contributed by atoms with Gasteiger partial charge in [-0.25, -0.2) is 0 Å². The first-order valence-electron chi connectivity index (χ1n) is 10.3. The zero-order valence-electron chi connectivity index (χ0n) is 17.8. The Morgan fingerprint density at radius 1 is 1.09 bits per heavy atom. The van der Waals surface area contributed by atoms with E-state index in [9.17, 15) is 4.79 Å². The molecule has 3 aromatic rings. The molecule has 1 amide bonds. The van der Waals surface area contributed by atoms with Crippen LogP contribution in [0, 0.1) is 0 Å². The molecule has 2 heterocycles. The van der Waals surface area contributed by atoms with E-state index >= 15 is 0 Å². The molecule has 0 aliphatic carbocycles. The number of aromatic nitrogens is 2. The summed E-state index contributed by atoms with van der Waals surface area (Å²) in [7, 11) is 0. The number of nitrogens with zero attached hydrogens (tertiary/aromatic N) is 3. The fraction of sp³-hybridized carbons (Fsp3) is 0.292. The molecular formula is C24H23Cl2N3O3. The predicted molar refractivity (Wildman–Crippen MR) is 124 cm³/mol. The maximum atomic E-state index is 13.4. The molecule has 0 saturated heterocycles. The third-order valence-electron chi connectivity index (χ3n) is 5.16. The van der Waals surface area contributed by atoms with Crippen LogP contribution in [0.2, 0.25) is 10.0 Å². The lowest BCUT2D eigenvalue weighted by Crippen LogP contribution is -2.47. The molecule has 1 aliphatic heterocycles. The van der Waals surface area contributed by atoms with Crippen molar-refractivity contribution in [3.8, 4) is 11.8 Å². The molecule has 2 aromatic carbocycles. The molecular weight excluding hydrogens is 449 g/mol. The second kappa shape index (κ2) is 9.76. The van der Waals surface area contributed by atoms with Crippen LogP contribution in [-0.2, 0) is 13.0 Å². The van der Waals surface area contributed by atoms with Gasteiger partial charge in [0, 0.05) is 12.1 Å². The highest BCUT2D eigenvalue weighted by Crippen LogP contribution is 2.28. The third kappa shape index (κ3) is 5.14. The fourth-order valence-electron chi connectivity index (χ4n) is 3.65. The largest absolute Gasteiger partial charge is 0.488 e. The minimum Gasteiger partial charge on any atom is -0.488 e. The van der Waals surface area contributed by atoms with E-state index in [-0.39, 0.29) is 30.7 Å². The number of fused-ring (bicyclic) bond motifs is 1. The van der Waals surface area contributed by atoms with Gasteiger partial charge in [0.05, 0.1) is 34.6 Å². The molecule has 6 nitrogen and oxygen atoms in total. The van der Waals surface area contributed by atoms with Crippen molar-refractivity contribution in [3.05, 3.63) is 81.6 Å². The van der Waals surface area contributed by atoms with E-state index in [1.807, 2.05) is 32.0 Å². The second-order valence-corrected chi connectivity index (χ2v) is 8.68. The Hall–Kier alpha value is -2.83. The lowest BCUT2D eigenvalue weighted by atomic mass is 9.93. The Labute approximate surface area is 197 Å². The molecule has 1 aliphatic rings. The van der Waals surface area contributed by atoms with E-state index in [0.717, 1.165) is 5.56 Å². The monoisotopic (exact) mass is 471 g/mol. The molecule has 166 valence electrons. The molecule has 4 rings (SSSR count). The number of amides is 1. The number of carbonyl (C=O) groups is 1. The maximum absolute atomic E-state index is 13.4. The summed E-state index contributed by atoms with van der Waals surface area (Å²) in [5, 5.41) is 0.758. The lowest BCUT2D eigenvalue weighted by molar-refractivity contribution is 0.0558. The lowest BCUT2D eigenvalue weighted by Gasteiger charge is -2.36. The van der Waals surface area contributed by atoms with Crippen LogP contribution in [0.4, 0.5) is 0 Å². The first-order chi connectivity index (χ1) is 15.4. The van der Waals surface area contributed by atoms with Crippen molar-refractivity contribution in [2.45, 2.75) is 39.0 Å². The van der Waals surface area contributed by atoms with E-state index < -0.39 is 0 Å². The van der Waals surface area contributed by atoms with Crippen molar-refractivity contribution < 1.29 is 14.3 Å². The molecule has 0 N–H and O–H groups in total. The first kappa shape index (κ1) is 22.4. The molecule has 0 fully saturated rings. The van der Waals surface area contributed by atoms with Crippen molar-refractivity contribution in [3.63, 3.8) is 0 Å². The molecule has 0 saturated carbocycles. The number of rotatable bonds is 6. The first-order valence-corrected chi connectivity index (χ1v) is 11.1. The van der Waals surface area contributed by atoms with Crippen molar-refractivity contribution in [2.24, 2.45) is 0 Å². The Kier molecular flexibility index (Phi) is 6.82. The highest BCUT2D eigenvalue weighted by atomic mass is 35.5. The summed E-state index contributed by atoms with van der Waals surface area (Å²) in [5.74, 6) is 0.448. The summed E-state index contributed by atoms with van der Waals surface area (Å²) >= 11 is 12.2. The van der Waals surface area contributed by atoms with Gasteiger partial charge in [0.1, 0.15) is 6.61 Å². The van der Waals surface area contributed by atoms with Crippen LogP contribution in [0.1, 0.15) is 35.3 Å². The van der Waals surface area contributed by atoms with Crippen LogP contribution < -0.4 is 9.47 Å². The number of halogens is 2. The quantitative estimate of drug-likeness (QED) is 0.493. The third-order valence-corrected chi connectivity index (χ3v) is 5.90. The average molecular weight is 472 g/mol. The van der Waals surface area contributed by atoms with Crippen LogP contribution in [-0.4, -0.2) is 39.5 Å². The summed E-state index contributed by atoms with van der Waals surface area (Å²) in [5.41, 5.74) is 2.79.